The highest BCUT2D eigenvalue weighted by Gasteiger charge is 2.34. The minimum absolute atomic E-state index is 0.00522. The van der Waals surface area contributed by atoms with Crippen molar-refractivity contribution in [1.29, 1.82) is 0 Å². The molecule has 0 radical (unpaired) electrons. The van der Waals surface area contributed by atoms with Gasteiger partial charge in [0.1, 0.15) is 28.6 Å². The molecule has 0 amide bonds. The van der Waals surface area contributed by atoms with Crippen molar-refractivity contribution in [3.63, 3.8) is 0 Å². The van der Waals surface area contributed by atoms with E-state index in [0.717, 1.165) is 42.8 Å². The van der Waals surface area contributed by atoms with Crippen LogP contribution >= 0.6 is 0 Å². The van der Waals surface area contributed by atoms with Crippen molar-refractivity contribution in [2.45, 2.75) is 38.3 Å². The number of phenols is 1. The van der Waals surface area contributed by atoms with Gasteiger partial charge in [-0.2, -0.15) is 9.97 Å². The quantitative estimate of drug-likeness (QED) is 0.238. The molecule has 5 aromatic rings. The first kappa shape index (κ1) is 28.0. The van der Waals surface area contributed by atoms with E-state index in [1.807, 2.05) is 55.0 Å². The maximum Gasteiger partial charge on any atom is 0.319 e. The number of aryl methyl sites for hydroxylation is 1. The summed E-state index contributed by atoms with van der Waals surface area (Å²) in [4.78, 5) is 20.9. The smallest absolute Gasteiger partial charge is 0.319 e. The number of para-hydroxylation sites is 2. The van der Waals surface area contributed by atoms with Crippen LogP contribution in [0.5, 0.6) is 11.8 Å². The number of allylic oxidation sites excluding steroid dienone is 1. The van der Waals surface area contributed by atoms with Gasteiger partial charge in [-0.15, -0.1) is 0 Å². The maximum atomic E-state index is 16.6. The first-order valence-electron chi connectivity index (χ1n) is 15.0. The van der Waals surface area contributed by atoms with Crippen LogP contribution in [0.2, 0.25) is 0 Å². The lowest BCUT2D eigenvalue weighted by Gasteiger charge is -2.34. The van der Waals surface area contributed by atoms with Crippen LogP contribution in [0.4, 0.5) is 10.2 Å². The lowest BCUT2D eigenvalue weighted by atomic mass is 9.96. The van der Waals surface area contributed by atoms with Gasteiger partial charge in [-0.3, -0.25) is 4.98 Å². The van der Waals surface area contributed by atoms with Crippen LogP contribution in [-0.2, 0) is 13.5 Å². The largest absolute Gasteiger partial charge is 0.508 e. The maximum absolute atomic E-state index is 16.6. The van der Waals surface area contributed by atoms with Gasteiger partial charge in [0.2, 0.25) is 0 Å². The minimum Gasteiger partial charge on any atom is -0.508 e. The normalized spacial score (nSPS) is 18.1. The highest BCUT2D eigenvalue weighted by molar-refractivity contribution is 5.93. The molecule has 5 heterocycles. The van der Waals surface area contributed by atoms with Crippen LogP contribution in [0.1, 0.15) is 36.7 Å². The number of imidazole rings is 1. The second-order valence-corrected chi connectivity index (χ2v) is 11.4. The Kier molecular flexibility index (Phi) is 7.21. The molecule has 2 aliphatic heterocycles. The number of nitrogens with zero attached hydrogens (tertiary/aromatic N) is 6. The summed E-state index contributed by atoms with van der Waals surface area (Å²) in [6.45, 7) is 7.60. The Morgan fingerprint density at radius 1 is 1.14 bits per heavy atom. The summed E-state index contributed by atoms with van der Waals surface area (Å²) in [6, 6.07) is 11.9. The van der Waals surface area contributed by atoms with E-state index < -0.39 is 5.82 Å². The number of fused-ring (bicyclic) bond motifs is 4. The molecule has 2 aromatic carbocycles. The third kappa shape index (κ3) is 4.94. The van der Waals surface area contributed by atoms with E-state index in [2.05, 4.69) is 26.8 Å². The van der Waals surface area contributed by atoms with Gasteiger partial charge < -0.3 is 24.6 Å². The summed E-state index contributed by atoms with van der Waals surface area (Å²) in [5.41, 5.74) is 3.97. The number of hydrogen-bond acceptors (Lipinski definition) is 8. The van der Waals surface area contributed by atoms with Gasteiger partial charge in [0.15, 0.2) is 5.82 Å². The van der Waals surface area contributed by atoms with Crippen LogP contribution < -0.4 is 15.0 Å². The van der Waals surface area contributed by atoms with E-state index in [-0.39, 0.29) is 29.6 Å². The Morgan fingerprint density at radius 2 is 1.93 bits per heavy atom. The zero-order chi connectivity index (χ0) is 30.4. The number of pyridine rings is 1. The van der Waals surface area contributed by atoms with Crippen LogP contribution in [0.25, 0.3) is 45.3 Å². The Balaban J connectivity index is 1.30. The molecule has 3 aromatic heterocycles. The van der Waals surface area contributed by atoms with E-state index in [1.165, 1.54) is 6.07 Å². The Bertz CT molecular complexity index is 1920. The topological polar surface area (TPSA) is 101 Å². The molecule has 2 bridgehead atoms. The lowest BCUT2D eigenvalue weighted by molar-refractivity contribution is 0.293. The fourth-order valence-corrected chi connectivity index (χ4v) is 6.54. The van der Waals surface area contributed by atoms with Gasteiger partial charge in [-0.25, -0.2) is 9.37 Å². The fraction of sp³-hybridized carbons (Fsp3) is 0.294. The van der Waals surface area contributed by atoms with E-state index in [0.29, 0.717) is 46.4 Å². The molecule has 2 atom stereocenters. The van der Waals surface area contributed by atoms with Crippen molar-refractivity contribution in [2.24, 2.45) is 7.05 Å². The van der Waals surface area contributed by atoms with Gasteiger partial charge in [0.25, 0.3) is 0 Å². The molecular weight excluding hydrogens is 557 g/mol. The van der Waals surface area contributed by atoms with Crippen molar-refractivity contribution in [2.75, 3.05) is 24.6 Å². The van der Waals surface area contributed by atoms with Crippen molar-refractivity contribution < 1.29 is 14.2 Å². The molecule has 0 spiro atoms. The number of halogens is 1. The van der Waals surface area contributed by atoms with Crippen molar-refractivity contribution >= 4 is 39.9 Å². The average molecular weight is 592 g/mol. The lowest BCUT2D eigenvalue weighted by Crippen LogP contribution is -2.51. The van der Waals surface area contributed by atoms with Crippen LogP contribution in [0.3, 0.4) is 0 Å². The highest BCUT2D eigenvalue weighted by Crippen LogP contribution is 2.37. The number of rotatable bonds is 8. The summed E-state index contributed by atoms with van der Waals surface area (Å²) in [5.74, 6) is 0.884. The summed E-state index contributed by atoms with van der Waals surface area (Å²) in [5, 5.41) is 14.7. The van der Waals surface area contributed by atoms with Crippen LogP contribution in [-0.4, -0.2) is 61.4 Å². The number of piperazine rings is 1. The zero-order valence-corrected chi connectivity index (χ0v) is 24.8. The second-order valence-electron chi connectivity index (χ2n) is 11.4. The summed E-state index contributed by atoms with van der Waals surface area (Å²) in [7, 11) is 1.98. The van der Waals surface area contributed by atoms with Gasteiger partial charge in [-0.1, -0.05) is 36.9 Å². The van der Waals surface area contributed by atoms with E-state index in [1.54, 1.807) is 18.3 Å². The molecule has 0 aliphatic carbocycles. The average Bonchev–Trinajstić information content (AvgIpc) is 3.53. The Morgan fingerprint density at radius 3 is 2.68 bits per heavy atom. The molecule has 2 unspecified atom stereocenters. The number of hydrogen-bond donors (Lipinski definition) is 2. The molecule has 2 aliphatic rings. The molecule has 10 heteroatoms. The van der Waals surface area contributed by atoms with Crippen molar-refractivity contribution in [1.82, 2.24) is 29.8 Å². The molecule has 0 saturated carbocycles. The van der Waals surface area contributed by atoms with E-state index >= 15 is 4.39 Å². The zero-order valence-electron chi connectivity index (χ0n) is 24.8. The van der Waals surface area contributed by atoms with E-state index in [4.69, 9.17) is 14.7 Å². The predicted octanol–water partition coefficient (Wildman–Crippen LogP) is 5.66. The van der Waals surface area contributed by atoms with Crippen LogP contribution in [0, 0.1) is 5.82 Å². The number of anilines is 1. The van der Waals surface area contributed by atoms with Gasteiger partial charge in [-0.05, 0) is 55.2 Å². The number of phenolic OH excluding ortho intramolecular Hbond substituents is 1. The molecule has 9 nitrogen and oxygen atoms in total. The summed E-state index contributed by atoms with van der Waals surface area (Å²) >= 11 is 0. The van der Waals surface area contributed by atoms with Crippen LogP contribution in [0.15, 0.2) is 55.3 Å². The third-order valence-corrected chi connectivity index (χ3v) is 8.60. The summed E-state index contributed by atoms with van der Waals surface area (Å²) < 4.78 is 24.7. The number of benzene rings is 2. The molecule has 224 valence electrons. The number of aromatic hydroxyl groups is 1. The first-order valence-corrected chi connectivity index (χ1v) is 15.0. The standard InChI is InChI=1S/C34H34FN7O2/c1-4-8-20-15-23(43)16-25(24(20)5-2)31-30(35)32-26(17-36-31)33(42-18-21-11-12-22(19-42)37-21)40-34(39-32)44-14-13-29-38-27-9-6-7-10-28(27)41(29)3/h4-10,15-17,21-22,37,43H,2,11-14,18-19H2,1,3H3/b8-4-. The van der Waals surface area contributed by atoms with Crippen molar-refractivity contribution in [3.05, 3.63) is 78.0 Å². The third-order valence-electron chi connectivity index (χ3n) is 8.60. The minimum atomic E-state index is -0.607. The Labute approximate surface area is 254 Å². The molecule has 7 rings (SSSR count). The molecule has 2 fully saturated rings. The second kappa shape index (κ2) is 11.3. The van der Waals surface area contributed by atoms with Gasteiger partial charge in [0, 0.05) is 50.4 Å². The SMILES string of the molecule is C=Cc1c(/C=C\C)cc(O)cc1-c1ncc2c(N3CC4CCC(C3)N4)nc(OCCc3nc4ccccc4n3C)nc2c1F. The van der Waals surface area contributed by atoms with Gasteiger partial charge in [0.05, 0.1) is 23.0 Å². The number of aromatic nitrogens is 5. The first-order chi connectivity index (χ1) is 21.4. The van der Waals surface area contributed by atoms with E-state index in [9.17, 15) is 5.11 Å². The monoisotopic (exact) mass is 591 g/mol. The van der Waals surface area contributed by atoms with Gasteiger partial charge >= 0.3 is 6.01 Å². The fourth-order valence-electron chi connectivity index (χ4n) is 6.54. The van der Waals surface area contributed by atoms with Crippen molar-refractivity contribution in [3.8, 4) is 23.0 Å². The molecule has 2 saturated heterocycles. The molecule has 44 heavy (non-hydrogen) atoms. The highest BCUT2D eigenvalue weighted by atomic mass is 19.1. The number of ether oxygens (including phenoxy) is 1. The Hall–Kier alpha value is -4.83. The molecular formula is C34H34FN7O2. The predicted molar refractivity (Wildman–Crippen MR) is 171 cm³/mol. The summed E-state index contributed by atoms with van der Waals surface area (Å²) in [6.07, 6.45) is 9.69. The number of nitrogens with one attached hydrogen (secondary N) is 1. The molecule has 2 N–H and O–H groups in total.